The Morgan fingerprint density at radius 2 is 1.84 bits per heavy atom. The molecule has 1 aromatic carbocycles. The second-order valence-electron chi connectivity index (χ2n) is 4.52. The van der Waals surface area contributed by atoms with Crippen LogP contribution >= 0.6 is 0 Å². The molecule has 5 nitrogen and oxygen atoms in total. The van der Waals surface area contributed by atoms with Crippen molar-refractivity contribution in [2.24, 2.45) is 5.73 Å². The molecule has 0 amide bonds. The molecule has 106 valence electrons. The van der Waals surface area contributed by atoms with E-state index < -0.39 is 32.9 Å². The molecule has 0 spiro atoms. The molecule has 1 aromatic rings. The molecule has 1 rings (SSSR count). The van der Waals surface area contributed by atoms with E-state index in [-0.39, 0.29) is 0 Å². The van der Waals surface area contributed by atoms with E-state index in [9.17, 15) is 13.2 Å². The van der Waals surface area contributed by atoms with Crippen LogP contribution in [0.4, 0.5) is 0 Å². The number of nitrogens with two attached hydrogens (primary N) is 1. The van der Waals surface area contributed by atoms with Crippen molar-refractivity contribution >= 4 is 15.8 Å². The van der Waals surface area contributed by atoms with Crippen LogP contribution in [-0.2, 0) is 19.4 Å². The van der Waals surface area contributed by atoms with E-state index in [4.69, 9.17) is 5.73 Å². The number of aryl methyl sites for hydroxylation is 1. The fourth-order valence-electron chi connectivity index (χ4n) is 1.64. The molecule has 0 aliphatic rings. The summed E-state index contributed by atoms with van der Waals surface area (Å²) in [5.74, 6) is -1.42. The van der Waals surface area contributed by atoms with Crippen LogP contribution in [0.2, 0.25) is 0 Å². The van der Waals surface area contributed by atoms with Gasteiger partial charge in [-0.3, -0.25) is 4.79 Å². The maximum Gasteiger partial charge on any atom is 0.320 e. The van der Waals surface area contributed by atoms with Gasteiger partial charge in [0.25, 0.3) is 0 Å². The van der Waals surface area contributed by atoms with E-state index in [1.807, 2.05) is 19.1 Å². The number of benzene rings is 1. The predicted molar refractivity (Wildman–Crippen MR) is 73.4 cm³/mol. The molecule has 6 heteroatoms. The summed E-state index contributed by atoms with van der Waals surface area (Å²) in [5, 5.41) is -0.852. The van der Waals surface area contributed by atoms with Crippen molar-refractivity contribution in [3.8, 4) is 0 Å². The van der Waals surface area contributed by atoms with E-state index in [2.05, 4.69) is 4.74 Å². The standard InChI is InChI=1S/C13H19NO4S/c1-9-4-6-11(7-5-9)13(14)10(2)19(16,17)8-12(15)18-3/h4-7,10,13H,8,14H2,1-3H3. The zero-order valence-corrected chi connectivity index (χ0v) is 12.1. The predicted octanol–water partition coefficient (Wildman–Crippen LogP) is 0.971. The van der Waals surface area contributed by atoms with Crippen LogP contribution < -0.4 is 5.73 Å². The molecule has 0 heterocycles. The van der Waals surface area contributed by atoms with Crippen molar-refractivity contribution in [3.05, 3.63) is 35.4 Å². The number of hydrogen-bond acceptors (Lipinski definition) is 5. The molecule has 0 saturated heterocycles. The van der Waals surface area contributed by atoms with Crippen LogP contribution in [-0.4, -0.2) is 32.5 Å². The number of sulfone groups is 1. The first-order chi connectivity index (χ1) is 8.77. The number of rotatable bonds is 5. The summed E-state index contributed by atoms with van der Waals surface area (Å²) in [5.41, 5.74) is 7.76. The van der Waals surface area contributed by atoms with Crippen molar-refractivity contribution in [3.63, 3.8) is 0 Å². The van der Waals surface area contributed by atoms with Gasteiger partial charge in [-0.15, -0.1) is 0 Å². The van der Waals surface area contributed by atoms with Crippen LogP contribution in [0.5, 0.6) is 0 Å². The van der Waals surface area contributed by atoms with Gasteiger partial charge in [-0.2, -0.15) is 0 Å². The summed E-state index contributed by atoms with van der Waals surface area (Å²) in [4.78, 5) is 11.1. The van der Waals surface area contributed by atoms with E-state index in [1.54, 1.807) is 12.1 Å². The van der Waals surface area contributed by atoms with E-state index >= 15 is 0 Å². The summed E-state index contributed by atoms with van der Waals surface area (Å²) < 4.78 is 28.4. The van der Waals surface area contributed by atoms with Gasteiger partial charge in [-0.25, -0.2) is 8.42 Å². The van der Waals surface area contributed by atoms with Gasteiger partial charge in [0.15, 0.2) is 9.84 Å². The fourth-order valence-corrected chi connectivity index (χ4v) is 2.95. The topological polar surface area (TPSA) is 86.5 Å². The Bertz CT molecular complexity index is 536. The summed E-state index contributed by atoms with van der Waals surface area (Å²) >= 11 is 0. The van der Waals surface area contributed by atoms with Gasteiger partial charge in [0, 0.05) is 6.04 Å². The Balaban J connectivity index is 2.90. The molecule has 0 aliphatic carbocycles. The maximum atomic E-state index is 12.0. The van der Waals surface area contributed by atoms with Gasteiger partial charge in [0.05, 0.1) is 12.4 Å². The largest absolute Gasteiger partial charge is 0.468 e. The normalized spacial score (nSPS) is 14.7. The first-order valence-electron chi connectivity index (χ1n) is 5.88. The highest BCUT2D eigenvalue weighted by atomic mass is 32.2. The average molecular weight is 285 g/mol. The van der Waals surface area contributed by atoms with E-state index in [0.29, 0.717) is 0 Å². The number of ether oxygens (including phenoxy) is 1. The van der Waals surface area contributed by atoms with Crippen molar-refractivity contribution in [2.75, 3.05) is 12.9 Å². The number of esters is 1. The van der Waals surface area contributed by atoms with Crippen molar-refractivity contribution in [2.45, 2.75) is 25.1 Å². The lowest BCUT2D eigenvalue weighted by Gasteiger charge is -2.20. The Kier molecular flexibility index (Phi) is 5.08. The molecule has 0 aromatic heterocycles. The molecule has 0 saturated carbocycles. The van der Waals surface area contributed by atoms with Gasteiger partial charge >= 0.3 is 5.97 Å². The van der Waals surface area contributed by atoms with Crippen LogP contribution in [0.25, 0.3) is 0 Å². The van der Waals surface area contributed by atoms with Gasteiger partial charge in [-0.05, 0) is 19.4 Å². The SMILES string of the molecule is COC(=O)CS(=O)(=O)C(C)C(N)c1ccc(C)cc1. The van der Waals surface area contributed by atoms with Gasteiger partial charge in [-0.1, -0.05) is 29.8 Å². The molecular formula is C13H19NO4S. The highest BCUT2D eigenvalue weighted by Crippen LogP contribution is 2.20. The van der Waals surface area contributed by atoms with Crippen LogP contribution in [0, 0.1) is 6.92 Å². The summed E-state index contributed by atoms with van der Waals surface area (Å²) in [6.45, 7) is 3.44. The minimum Gasteiger partial charge on any atom is -0.468 e. The van der Waals surface area contributed by atoms with E-state index in [1.165, 1.54) is 6.92 Å². The highest BCUT2D eigenvalue weighted by molar-refractivity contribution is 7.92. The molecule has 2 N–H and O–H groups in total. The summed E-state index contributed by atoms with van der Waals surface area (Å²) in [7, 11) is -2.47. The first-order valence-corrected chi connectivity index (χ1v) is 7.60. The smallest absolute Gasteiger partial charge is 0.320 e. The Morgan fingerprint density at radius 1 is 1.32 bits per heavy atom. The van der Waals surface area contributed by atoms with Crippen molar-refractivity contribution in [1.29, 1.82) is 0 Å². The van der Waals surface area contributed by atoms with Gasteiger partial charge < -0.3 is 10.5 Å². The maximum absolute atomic E-state index is 12.0. The molecule has 0 radical (unpaired) electrons. The number of hydrogen-bond donors (Lipinski definition) is 1. The lowest BCUT2D eigenvalue weighted by molar-refractivity contribution is -0.137. The van der Waals surface area contributed by atoms with Crippen LogP contribution in [0.15, 0.2) is 24.3 Å². The zero-order chi connectivity index (χ0) is 14.6. The Labute approximate surface area is 113 Å². The average Bonchev–Trinajstić information content (AvgIpc) is 2.37. The van der Waals surface area contributed by atoms with Crippen molar-refractivity contribution in [1.82, 2.24) is 0 Å². The molecular weight excluding hydrogens is 266 g/mol. The second-order valence-corrected chi connectivity index (χ2v) is 6.88. The van der Waals surface area contributed by atoms with Crippen molar-refractivity contribution < 1.29 is 17.9 Å². The monoisotopic (exact) mass is 285 g/mol. The lowest BCUT2D eigenvalue weighted by atomic mass is 10.0. The summed E-state index contributed by atoms with van der Waals surface area (Å²) in [6, 6.07) is 6.66. The zero-order valence-electron chi connectivity index (χ0n) is 11.3. The van der Waals surface area contributed by atoms with Gasteiger partial charge in [0.2, 0.25) is 0 Å². The van der Waals surface area contributed by atoms with Crippen LogP contribution in [0.3, 0.4) is 0 Å². The third kappa shape index (κ3) is 4.04. The second kappa shape index (κ2) is 6.16. The number of methoxy groups -OCH3 is 1. The third-order valence-electron chi connectivity index (χ3n) is 3.08. The quantitative estimate of drug-likeness (QED) is 0.815. The molecule has 0 bridgehead atoms. The molecule has 2 atom stereocenters. The molecule has 2 unspecified atom stereocenters. The van der Waals surface area contributed by atoms with Crippen LogP contribution in [0.1, 0.15) is 24.1 Å². The minimum absolute atomic E-state index is 0.649. The Morgan fingerprint density at radius 3 is 2.32 bits per heavy atom. The Hall–Kier alpha value is -1.40. The molecule has 19 heavy (non-hydrogen) atoms. The first kappa shape index (κ1) is 15.7. The number of carbonyl (C=O) groups excluding carboxylic acids is 1. The lowest BCUT2D eigenvalue weighted by Crippen LogP contribution is -2.35. The third-order valence-corrected chi connectivity index (χ3v) is 5.15. The highest BCUT2D eigenvalue weighted by Gasteiger charge is 2.30. The fraction of sp³-hybridized carbons (Fsp3) is 0.462. The number of carbonyl (C=O) groups is 1. The minimum atomic E-state index is -3.63. The summed E-state index contributed by atoms with van der Waals surface area (Å²) in [6.07, 6.45) is 0. The molecule has 0 aliphatic heterocycles. The molecule has 0 fully saturated rings. The van der Waals surface area contributed by atoms with E-state index in [0.717, 1.165) is 18.2 Å². The van der Waals surface area contributed by atoms with Gasteiger partial charge in [0.1, 0.15) is 5.75 Å².